The molecule has 0 bridgehead atoms. The van der Waals surface area contributed by atoms with E-state index in [0.717, 1.165) is 41.8 Å². The number of nitrogens with zero attached hydrogens (tertiary/aromatic N) is 2. The molecule has 1 heterocycles. The third kappa shape index (κ3) is 7.28. The van der Waals surface area contributed by atoms with Crippen molar-refractivity contribution >= 4 is 50.9 Å². The maximum Gasteiger partial charge on any atom is 0.351 e. The molecule has 1 aromatic heterocycles. The van der Waals surface area contributed by atoms with Crippen molar-refractivity contribution in [2.45, 2.75) is 71.4 Å². The highest BCUT2D eigenvalue weighted by atomic mass is 79.9. The Bertz CT molecular complexity index is 1150. The Labute approximate surface area is 237 Å². The van der Waals surface area contributed by atoms with Crippen LogP contribution in [0.3, 0.4) is 0 Å². The number of hydrogen-bond acceptors (Lipinski definition) is 7. The predicted molar refractivity (Wildman–Crippen MR) is 153 cm³/mol. The molecule has 1 aliphatic carbocycles. The number of urea groups is 1. The molecule has 1 aliphatic rings. The van der Waals surface area contributed by atoms with Crippen molar-refractivity contribution in [3.05, 3.63) is 33.6 Å². The first-order valence-corrected chi connectivity index (χ1v) is 14.5. The van der Waals surface area contributed by atoms with Gasteiger partial charge in [0.15, 0.2) is 17.2 Å². The Kier molecular flexibility index (Phi) is 10.2. The van der Waals surface area contributed by atoms with Crippen molar-refractivity contribution in [1.82, 2.24) is 4.90 Å². The molecule has 0 saturated heterocycles. The van der Waals surface area contributed by atoms with Crippen LogP contribution in [0.1, 0.15) is 69.5 Å². The first-order valence-electron chi connectivity index (χ1n) is 12.9. The molecule has 2 amide bonds. The summed E-state index contributed by atoms with van der Waals surface area (Å²) in [5.74, 6) is -0.892. The molecule has 10 heteroatoms. The van der Waals surface area contributed by atoms with Crippen molar-refractivity contribution in [1.29, 1.82) is 0 Å². The second-order valence-corrected chi connectivity index (χ2v) is 12.1. The molecule has 3 rings (SSSR count). The zero-order chi connectivity index (χ0) is 28.0. The molecule has 1 saturated carbocycles. The number of benzene rings is 1. The van der Waals surface area contributed by atoms with E-state index in [0.29, 0.717) is 11.0 Å². The zero-order valence-electron chi connectivity index (χ0n) is 23.0. The van der Waals surface area contributed by atoms with E-state index in [9.17, 15) is 14.4 Å². The number of halogens is 1. The fourth-order valence-corrected chi connectivity index (χ4v) is 6.34. The Morgan fingerprint density at radius 3 is 2.42 bits per heavy atom. The lowest BCUT2D eigenvalue weighted by molar-refractivity contribution is -0.157. The van der Waals surface area contributed by atoms with Crippen molar-refractivity contribution in [2.75, 3.05) is 32.2 Å². The Hall–Kier alpha value is -2.59. The van der Waals surface area contributed by atoms with E-state index in [-0.39, 0.29) is 29.3 Å². The summed E-state index contributed by atoms with van der Waals surface area (Å²) >= 11 is 4.79. The van der Waals surface area contributed by atoms with Gasteiger partial charge in [-0.25, -0.2) is 14.4 Å². The van der Waals surface area contributed by atoms with Crippen LogP contribution in [0.5, 0.6) is 5.75 Å². The number of carbonyl (C=O) groups excluding carboxylic acids is 3. The molecule has 0 unspecified atom stereocenters. The molecule has 1 aromatic carbocycles. The molecule has 38 heavy (non-hydrogen) atoms. The minimum Gasteiger partial charge on any atom is -0.479 e. The molecular formula is C28H37BrN2O6S. The number of amides is 2. The monoisotopic (exact) mass is 608 g/mol. The van der Waals surface area contributed by atoms with Gasteiger partial charge in [0.05, 0.1) is 16.5 Å². The van der Waals surface area contributed by atoms with Gasteiger partial charge in [-0.1, -0.05) is 31.4 Å². The summed E-state index contributed by atoms with van der Waals surface area (Å²) in [5, 5.41) is 0. The maximum atomic E-state index is 13.4. The lowest BCUT2D eigenvalue weighted by Gasteiger charge is -2.36. The van der Waals surface area contributed by atoms with Gasteiger partial charge in [0.1, 0.15) is 5.60 Å². The van der Waals surface area contributed by atoms with Gasteiger partial charge in [0.25, 0.3) is 0 Å². The molecule has 2 aromatic rings. The van der Waals surface area contributed by atoms with Crippen molar-refractivity contribution < 1.29 is 28.6 Å². The largest absolute Gasteiger partial charge is 0.479 e. The summed E-state index contributed by atoms with van der Waals surface area (Å²) in [7, 11) is 3.11. The Balaban J connectivity index is 1.99. The smallest absolute Gasteiger partial charge is 0.351 e. The average molecular weight is 610 g/mol. The molecule has 8 nitrogen and oxygen atoms in total. The van der Waals surface area contributed by atoms with Crippen LogP contribution in [0.4, 0.5) is 10.5 Å². The number of methoxy groups -OCH3 is 1. The molecule has 0 spiro atoms. The normalized spacial score (nSPS) is 14.1. The van der Waals surface area contributed by atoms with Gasteiger partial charge in [-0.2, -0.15) is 0 Å². The minimum absolute atomic E-state index is 0.0292. The van der Waals surface area contributed by atoms with Crippen molar-refractivity contribution in [2.24, 2.45) is 0 Å². The van der Waals surface area contributed by atoms with Gasteiger partial charge in [-0.15, -0.1) is 11.3 Å². The Morgan fingerprint density at radius 1 is 1.13 bits per heavy atom. The summed E-state index contributed by atoms with van der Waals surface area (Å²) in [6.07, 6.45) is 5.31. The number of hydrogen-bond donors (Lipinski definition) is 0. The van der Waals surface area contributed by atoms with Gasteiger partial charge in [-0.3, -0.25) is 4.90 Å². The second-order valence-electron chi connectivity index (χ2n) is 10.3. The SMILES string of the molecule is CCN(C)C(=O)N(c1cccc(-c2sc(C(=O)OC)c(OCC(=O)OC(C)(C)C)c2Br)c1)C1CCCCC1. The van der Waals surface area contributed by atoms with Crippen LogP contribution in [0.15, 0.2) is 28.7 Å². The molecule has 0 atom stereocenters. The number of thiophene rings is 1. The molecule has 0 N–H and O–H groups in total. The highest BCUT2D eigenvalue weighted by Gasteiger charge is 2.30. The lowest BCUT2D eigenvalue weighted by atomic mass is 9.93. The first-order chi connectivity index (χ1) is 18.0. The number of rotatable bonds is 8. The fraction of sp³-hybridized carbons (Fsp3) is 0.536. The molecule has 208 valence electrons. The average Bonchev–Trinajstić information content (AvgIpc) is 3.22. The predicted octanol–water partition coefficient (Wildman–Crippen LogP) is 6.90. The number of anilines is 1. The first kappa shape index (κ1) is 30.0. The number of esters is 2. The summed E-state index contributed by atoms with van der Waals surface area (Å²) in [6.45, 7) is 7.54. The van der Waals surface area contributed by atoms with Crippen LogP contribution >= 0.6 is 27.3 Å². The third-order valence-corrected chi connectivity index (χ3v) is 8.49. The van der Waals surface area contributed by atoms with E-state index < -0.39 is 17.5 Å². The van der Waals surface area contributed by atoms with Crippen LogP contribution in [0.25, 0.3) is 10.4 Å². The van der Waals surface area contributed by atoms with E-state index >= 15 is 0 Å². The van der Waals surface area contributed by atoms with Gasteiger partial charge in [0.2, 0.25) is 0 Å². The van der Waals surface area contributed by atoms with Crippen molar-refractivity contribution in [3.63, 3.8) is 0 Å². The summed E-state index contributed by atoms with van der Waals surface area (Å²) in [4.78, 5) is 42.9. The summed E-state index contributed by atoms with van der Waals surface area (Å²) < 4.78 is 16.6. The van der Waals surface area contributed by atoms with Crippen molar-refractivity contribution in [3.8, 4) is 16.2 Å². The molecule has 1 fully saturated rings. The summed E-state index contributed by atoms with van der Waals surface area (Å²) in [6, 6.07) is 7.84. The van der Waals surface area contributed by atoms with Gasteiger partial charge in [-0.05, 0) is 74.2 Å². The van der Waals surface area contributed by atoms with E-state index in [1.807, 2.05) is 43.1 Å². The zero-order valence-corrected chi connectivity index (χ0v) is 25.4. The lowest BCUT2D eigenvalue weighted by Crippen LogP contribution is -2.47. The fourth-order valence-electron chi connectivity index (χ4n) is 4.37. The van der Waals surface area contributed by atoms with E-state index in [1.165, 1.54) is 24.9 Å². The second kappa shape index (κ2) is 13.0. The number of ether oxygens (including phenoxy) is 3. The standard InChI is InChI=1S/C28H37BrN2O6S/c1-7-30(5)27(34)31(19-13-9-8-10-14-19)20-15-11-12-18(16-20)24-22(29)23(25(38-24)26(33)35-6)36-17-21(32)37-28(2,3)4/h11-12,15-16,19H,7-10,13-14,17H2,1-6H3. The quantitative estimate of drug-likeness (QED) is 0.303. The maximum absolute atomic E-state index is 13.4. The molecule has 0 aliphatic heterocycles. The van der Waals surface area contributed by atoms with Crippen LogP contribution in [-0.2, 0) is 14.3 Å². The topological polar surface area (TPSA) is 85.4 Å². The summed E-state index contributed by atoms with van der Waals surface area (Å²) in [5.41, 5.74) is 0.955. The van der Waals surface area contributed by atoms with Gasteiger partial charge < -0.3 is 19.1 Å². The van der Waals surface area contributed by atoms with E-state index in [4.69, 9.17) is 14.2 Å². The van der Waals surface area contributed by atoms with Gasteiger partial charge >= 0.3 is 18.0 Å². The van der Waals surface area contributed by atoms with Crippen LogP contribution < -0.4 is 9.64 Å². The highest BCUT2D eigenvalue weighted by Crippen LogP contribution is 2.46. The molecular weight excluding hydrogens is 572 g/mol. The minimum atomic E-state index is -0.656. The highest BCUT2D eigenvalue weighted by molar-refractivity contribution is 9.10. The molecule has 0 radical (unpaired) electrons. The third-order valence-electron chi connectivity index (χ3n) is 6.27. The van der Waals surface area contributed by atoms with Crippen LogP contribution in [0, 0.1) is 0 Å². The van der Waals surface area contributed by atoms with Gasteiger partial charge in [0, 0.05) is 25.3 Å². The number of carbonyl (C=O) groups is 3. The van der Waals surface area contributed by atoms with Crippen LogP contribution in [0.2, 0.25) is 0 Å². The van der Waals surface area contributed by atoms with E-state index in [1.54, 1.807) is 25.7 Å². The Morgan fingerprint density at radius 2 is 1.82 bits per heavy atom. The van der Waals surface area contributed by atoms with Crippen LogP contribution in [-0.4, -0.2) is 61.8 Å². The van der Waals surface area contributed by atoms with E-state index in [2.05, 4.69) is 15.9 Å².